The normalized spacial score (nSPS) is 25.5. The lowest BCUT2D eigenvalue weighted by Gasteiger charge is -2.39. The van der Waals surface area contributed by atoms with Gasteiger partial charge in [-0.15, -0.1) is 12.4 Å². The van der Waals surface area contributed by atoms with Crippen LogP contribution in [-0.4, -0.2) is 30.1 Å². The number of hydrogen-bond donors (Lipinski definition) is 0. The summed E-state index contributed by atoms with van der Waals surface area (Å²) in [5, 5.41) is 0.689. The maximum absolute atomic E-state index is 14.1. The summed E-state index contributed by atoms with van der Waals surface area (Å²) in [6, 6.07) is 4.92. The minimum absolute atomic E-state index is 0. The Morgan fingerprint density at radius 1 is 1.32 bits per heavy atom. The summed E-state index contributed by atoms with van der Waals surface area (Å²) in [7, 11) is 0. The largest absolute Gasteiger partial charge is 0.462 e. The molecule has 1 saturated heterocycles. The standard InChI is InChI=1S/C22H27FN2O2.ClH/c1-5-27-20(26)17-11-24-18-7-6-14(23)8-16(18)19(17)25-13-22(4)10-15(25)9-21(2,3)12-22;/h6-8,11,15H,5,9-10,12-13H2,1-4H3;1H. The second-order valence-electron chi connectivity index (χ2n) is 9.24. The molecule has 1 saturated carbocycles. The van der Waals surface area contributed by atoms with E-state index >= 15 is 0 Å². The number of pyridine rings is 1. The number of aromatic nitrogens is 1. The van der Waals surface area contributed by atoms with Crippen LogP contribution in [0.25, 0.3) is 10.9 Å². The second kappa shape index (κ2) is 7.18. The number of ether oxygens (including phenoxy) is 1. The third-order valence-electron chi connectivity index (χ3n) is 6.00. The van der Waals surface area contributed by atoms with Crippen molar-refractivity contribution in [1.29, 1.82) is 0 Å². The first-order valence-corrected chi connectivity index (χ1v) is 9.73. The van der Waals surface area contributed by atoms with Gasteiger partial charge in [-0.3, -0.25) is 4.98 Å². The van der Waals surface area contributed by atoms with Crippen molar-refractivity contribution >= 4 is 35.0 Å². The quantitative estimate of drug-likeness (QED) is 0.642. The van der Waals surface area contributed by atoms with Crippen LogP contribution in [0.4, 0.5) is 10.1 Å². The molecule has 0 N–H and O–H groups in total. The van der Waals surface area contributed by atoms with Gasteiger partial charge in [-0.25, -0.2) is 9.18 Å². The smallest absolute Gasteiger partial charge is 0.341 e. The molecule has 4 nitrogen and oxygen atoms in total. The Hall–Kier alpha value is -1.88. The summed E-state index contributed by atoms with van der Waals surface area (Å²) in [4.78, 5) is 19.4. The Bertz CT molecular complexity index is 917. The number of hydrogen-bond acceptors (Lipinski definition) is 4. The van der Waals surface area contributed by atoms with Crippen LogP contribution in [0.5, 0.6) is 0 Å². The van der Waals surface area contributed by atoms with Crippen molar-refractivity contribution in [2.75, 3.05) is 18.1 Å². The molecule has 1 aromatic heterocycles. The fourth-order valence-electron chi connectivity index (χ4n) is 5.54. The molecule has 2 heterocycles. The number of halogens is 2. The highest BCUT2D eigenvalue weighted by Crippen LogP contribution is 2.54. The van der Waals surface area contributed by atoms with Crippen LogP contribution in [-0.2, 0) is 4.74 Å². The van der Waals surface area contributed by atoms with Crippen molar-refractivity contribution in [2.24, 2.45) is 10.8 Å². The van der Waals surface area contributed by atoms with Crippen molar-refractivity contribution in [1.82, 2.24) is 4.98 Å². The molecule has 0 spiro atoms. The molecule has 0 radical (unpaired) electrons. The molecule has 2 aliphatic rings. The van der Waals surface area contributed by atoms with Crippen molar-refractivity contribution in [3.8, 4) is 0 Å². The van der Waals surface area contributed by atoms with E-state index in [0.29, 0.717) is 29.1 Å². The number of carbonyl (C=O) groups excluding carboxylic acids is 1. The first-order chi connectivity index (χ1) is 12.7. The maximum atomic E-state index is 14.1. The third kappa shape index (κ3) is 3.57. The van der Waals surface area contributed by atoms with E-state index in [1.54, 1.807) is 19.2 Å². The molecule has 2 unspecified atom stereocenters. The molecule has 6 heteroatoms. The lowest BCUT2D eigenvalue weighted by Crippen LogP contribution is -2.35. The first-order valence-electron chi connectivity index (χ1n) is 9.73. The van der Waals surface area contributed by atoms with Crippen LogP contribution < -0.4 is 4.90 Å². The summed E-state index contributed by atoms with van der Waals surface area (Å²) in [6.45, 7) is 9.92. The van der Waals surface area contributed by atoms with E-state index < -0.39 is 5.97 Å². The highest BCUT2D eigenvalue weighted by Gasteiger charge is 2.50. The van der Waals surface area contributed by atoms with Crippen molar-refractivity contribution in [2.45, 2.75) is 53.0 Å². The molecule has 0 amide bonds. The third-order valence-corrected chi connectivity index (χ3v) is 6.00. The number of anilines is 1. The van der Waals surface area contributed by atoms with E-state index in [-0.39, 0.29) is 29.1 Å². The Balaban J connectivity index is 0.00000225. The Morgan fingerprint density at radius 2 is 2.07 bits per heavy atom. The van der Waals surface area contributed by atoms with Crippen LogP contribution in [0.2, 0.25) is 0 Å². The molecule has 152 valence electrons. The zero-order valence-corrected chi connectivity index (χ0v) is 17.7. The van der Waals surface area contributed by atoms with Gasteiger partial charge in [0.1, 0.15) is 11.4 Å². The van der Waals surface area contributed by atoms with Gasteiger partial charge >= 0.3 is 5.97 Å². The van der Waals surface area contributed by atoms with Crippen molar-refractivity contribution in [3.05, 3.63) is 35.8 Å². The summed E-state index contributed by atoms with van der Waals surface area (Å²) < 4.78 is 19.4. The van der Waals surface area contributed by atoms with Crippen LogP contribution in [0.15, 0.2) is 24.4 Å². The predicted molar refractivity (Wildman–Crippen MR) is 112 cm³/mol. The van der Waals surface area contributed by atoms with Gasteiger partial charge in [0.15, 0.2) is 0 Å². The summed E-state index contributed by atoms with van der Waals surface area (Å²) in [5.41, 5.74) is 2.37. The SMILES string of the molecule is CCOC(=O)c1cnc2ccc(F)cc2c1N1CC2(C)CC1CC(C)(C)C2.Cl. The number of fused-ring (bicyclic) bond motifs is 3. The minimum Gasteiger partial charge on any atom is -0.462 e. The van der Waals surface area contributed by atoms with Gasteiger partial charge in [-0.1, -0.05) is 20.8 Å². The van der Waals surface area contributed by atoms with E-state index in [1.165, 1.54) is 12.1 Å². The number of rotatable bonds is 3. The molecule has 1 aromatic carbocycles. The monoisotopic (exact) mass is 406 g/mol. The Morgan fingerprint density at radius 3 is 2.79 bits per heavy atom. The molecule has 2 bridgehead atoms. The summed E-state index contributed by atoms with van der Waals surface area (Å²) in [6.07, 6.45) is 4.89. The molecule has 2 atom stereocenters. The molecule has 1 aliphatic heterocycles. The van der Waals surface area contributed by atoms with Crippen LogP contribution in [0.3, 0.4) is 0 Å². The lowest BCUT2D eigenvalue weighted by molar-refractivity contribution is 0.0526. The van der Waals surface area contributed by atoms with Gasteiger partial charge in [0.2, 0.25) is 0 Å². The van der Waals surface area contributed by atoms with Gasteiger partial charge in [0, 0.05) is 24.2 Å². The lowest BCUT2D eigenvalue weighted by atomic mass is 9.65. The van der Waals surface area contributed by atoms with E-state index in [9.17, 15) is 9.18 Å². The van der Waals surface area contributed by atoms with Gasteiger partial charge in [0.25, 0.3) is 0 Å². The minimum atomic E-state index is -0.392. The van der Waals surface area contributed by atoms with E-state index in [0.717, 1.165) is 31.5 Å². The molecule has 4 rings (SSSR count). The van der Waals surface area contributed by atoms with Crippen LogP contribution in [0, 0.1) is 16.6 Å². The highest BCUT2D eigenvalue weighted by molar-refractivity contribution is 6.05. The van der Waals surface area contributed by atoms with Gasteiger partial charge in [-0.2, -0.15) is 0 Å². The molecule has 2 fully saturated rings. The average Bonchev–Trinajstić information content (AvgIpc) is 2.82. The zero-order valence-electron chi connectivity index (χ0n) is 16.9. The van der Waals surface area contributed by atoms with E-state index in [2.05, 4.69) is 30.7 Å². The molecular formula is C22H28ClFN2O2. The van der Waals surface area contributed by atoms with Crippen LogP contribution in [0.1, 0.15) is 57.3 Å². The average molecular weight is 407 g/mol. The van der Waals surface area contributed by atoms with E-state index in [4.69, 9.17) is 4.74 Å². The number of carbonyl (C=O) groups is 1. The second-order valence-corrected chi connectivity index (χ2v) is 9.24. The predicted octanol–water partition coefficient (Wildman–Crippen LogP) is 5.38. The zero-order chi connectivity index (χ0) is 19.4. The van der Waals surface area contributed by atoms with Gasteiger partial charge in [0.05, 0.1) is 17.8 Å². The molecular weight excluding hydrogens is 379 g/mol. The van der Waals surface area contributed by atoms with Crippen LogP contribution >= 0.6 is 12.4 Å². The van der Waals surface area contributed by atoms with Gasteiger partial charge in [-0.05, 0) is 55.2 Å². The number of esters is 1. The highest BCUT2D eigenvalue weighted by atomic mass is 35.5. The first kappa shape index (κ1) is 20.8. The molecule has 2 aromatic rings. The number of nitrogens with zero attached hydrogens (tertiary/aromatic N) is 2. The Labute approximate surface area is 171 Å². The molecule has 28 heavy (non-hydrogen) atoms. The fraction of sp³-hybridized carbons (Fsp3) is 0.545. The Kier molecular flexibility index (Phi) is 5.34. The number of benzene rings is 1. The maximum Gasteiger partial charge on any atom is 0.341 e. The summed E-state index contributed by atoms with van der Waals surface area (Å²) in [5.74, 6) is -0.711. The van der Waals surface area contributed by atoms with Gasteiger partial charge < -0.3 is 9.64 Å². The molecule has 1 aliphatic carbocycles. The topological polar surface area (TPSA) is 42.4 Å². The van der Waals surface area contributed by atoms with Crippen molar-refractivity contribution < 1.29 is 13.9 Å². The summed E-state index contributed by atoms with van der Waals surface area (Å²) >= 11 is 0. The van der Waals surface area contributed by atoms with Crippen molar-refractivity contribution in [3.63, 3.8) is 0 Å². The fourth-order valence-corrected chi connectivity index (χ4v) is 5.54. The van der Waals surface area contributed by atoms with E-state index in [1.807, 2.05) is 0 Å².